The zero-order valence-corrected chi connectivity index (χ0v) is 21.1. The Bertz CT molecular complexity index is 1550. The number of nitrogens with zero attached hydrogens (tertiary/aromatic N) is 5. The largest absolute Gasteiger partial charge is 0.494 e. The van der Waals surface area contributed by atoms with Gasteiger partial charge in [0.1, 0.15) is 5.75 Å². The third-order valence-corrected chi connectivity index (χ3v) is 7.93. The Kier molecular flexibility index (Phi) is 7.99. The van der Waals surface area contributed by atoms with Crippen molar-refractivity contribution in [3.05, 3.63) is 93.8 Å². The lowest BCUT2D eigenvalue weighted by Gasteiger charge is -2.22. The molecule has 0 aliphatic heterocycles. The molecule has 0 N–H and O–H groups in total. The molecule has 2 aromatic carbocycles. The number of fused-ring (bicyclic) bond motifs is 1. The van der Waals surface area contributed by atoms with E-state index in [1.807, 2.05) is 10.6 Å². The molecule has 4 aromatic rings. The van der Waals surface area contributed by atoms with Gasteiger partial charge in [0, 0.05) is 56.6 Å². The van der Waals surface area contributed by atoms with Gasteiger partial charge in [-0.2, -0.15) is 4.31 Å². The van der Waals surface area contributed by atoms with E-state index in [4.69, 9.17) is 4.74 Å². The molecule has 0 atom stereocenters. The van der Waals surface area contributed by atoms with E-state index >= 15 is 0 Å². The number of sulfonamides is 1. The van der Waals surface area contributed by atoms with Crippen LogP contribution in [0.15, 0.2) is 83.0 Å². The van der Waals surface area contributed by atoms with E-state index < -0.39 is 20.6 Å². The molecule has 0 radical (unpaired) electrons. The number of benzene rings is 2. The highest BCUT2D eigenvalue weighted by Crippen LogP contribution is 2.27. The number of aromatic nitrogens is 3. The van der Waals surface area contributed by atoms with Gasteiger partial charge in [0.25, 0.3) is 11.2 Å². The van der Waals surface area contributed by atoms with Crippen molar-refractivity contribution in [1.29, 1.82) is 0 Å². The van der Waals surface area contributed by atoms with Crippen molar-refractivity contribution in [1.82, 2.24) is 18.4 Å². The molecule has 37 heavy (non-hydrogen) atoms. The number of para-hydroxylation sites is 1. The zero-order valence-electron chi connectivity index (χ0n) is 20.3. The predicted octanol–water partition coefficient (Wildman–Crippen LogP) is 3.19. The summed E-state index contributed by atoms with van der Waals surface area (Å²) in [5.41, 5.74) is 0.220. The van der Waals surface area contributed by atoms with E-state index in [0.29, 0.717) is 25.1 Å². The first-order valence-electron chi connectivity index (χ1n) is 11.7. The van der Waals surface area contributed by atoms with E-state index in [0.717, 1.165) is 10.9 Å². The summed E-state index contributed by atoms with van der Waals surface area (Å²) in [6.07, 6.45) is 5.95. The Balaban J connectivity index is 1.46. The summed E-state index contributed by atoms with van der Waals surface area (Å²) >= 11 is 0. The molecule has 0 unspecified atom stereocenters. The lowest BCUT2D eigenvalue weighted by Crippen LogP contribution is -2.34. The third-order valence-electron chi connectivity index (χ3n) is 5.98. The van der Waals surface area contributed by atoms with Gasteiger partial charge in [-0.05, 0) is 43.2 Å². The molecular formula is C25H27N5O6S. The Morgan fingerprint density at radius 2 is 1.86 bits per heavy atom. The summed E-state index contributed by atoms with van der Waals surface area (Å²) in [6, 6.07) is 14.0. The van der Waals surface area contributed by atoms with Gasteiger partial charge < -0.3 is 13.9 Å². The van der Waals surface area contributed by atoms with Crippen LogP contribution in [-0.4, -0.2) is 51.5 Å². The standard InChI is InChI=1S/C25H27N5O6S/c1-27-22-10-9-21(18-20(22)8-11-25(27)31)36-17-5-15-29(14-4-13-28-16-12-26-19-28)37(34,35)24-7-3-2-6-23(24)30(32)33/h2-3,6-12,16,18-19H,4-5,13-15,17H2,1H3. The molecule has 0 saturated heterocycles. The maximum atomic E-state index is 13.5. The zero-order chi connectivity index (χ0) is 26.4. The number of ether oxygens (including phenoxy) is 1. The van der Waals surface area contributed by atoms with Crippen LogP contribution in [0.2, 0.25) is 0 Å². The molecular weight excluding hydrogens is 498 g/mol. The van der Waals surface area contributed by atoms with Gasteiger partial charge >= 0.3 is 0 Å². The maximum absolute atomic E-state index is 13.5. The Labute approximate surface area is 213 Å². The second kappa shape index (κ2) is 11.4. The molecule has 11 nitrogen and oxygen atoms in total. The van der Waals surface area contributed by atoms with Gasteiger partial charge in [0.15, 0.2) is 4.90 Å². The second-order valence-corrected chi connectivity index (χ2v) is 10.3. The number of imidazole rings is 1. The van der Waals surface area contributed by atoms with Gasteiger partial charge in [0.2, 0.25) is 10.0 Å². The van der Waals surface area contributed by atoms with E-state index in [1.165, 1.54) is 34.6 Å². The van der Waals surface area contributed by atoms with Crippen molar-refractivity contribution >= 4 is 26.6 Å². The number of nitro benzene ring substituents is 1. The number of rotatable bonds is 12. The smallest absolute Gasteiger partial charge is 0.289 e. The number of pyridine rings is 1. The van der Waals surface area contributed by atoms with E-state index in [9.17, 15) is 23.3 Å². The first-order chi connectivity index (χ1) is 17.8. The minimum absolute atomic E-state index is 0.103. The summed E-state index contributed by atoms with van der Waals surface area (Å²) in [6.45, 7) is 1.09. The van der Waals surface area contributed by atoms with Crippen molar-refractivity contribution in [2.45, 2.75) is 24.3 Å². The van der Waals surface area contributed by atoms with E-state index in [2.05, 4.69) is 4.98 Å². The van der Waals surface area contributed by atoms with Gasteiger partial charge in [-0.3, -0.25) is 14.9 Å². The van der Waals surface area contributed by atoms with Crippen molar-refractivity contribution in [2.24, 2.45) is 7.05 Å². The summed E-state index contributed by atoms with van der Waals surface area (Å²) < 4.78 is 37.4. The van der Waals surface area contributed by atoms with Gasteiger partial charge in [-0.25, -0.2) is 13.4 Å². The Morgan fingerprint density at radius 1 is 1.08 bits per heavy atom. The van der Waals surface area contributed by atoms with Crippen LogP contribution >= 0.6 is 0 Å². The van der Waals surface area contributed by atoms with Crippen molar-refractivity contribution < 1.29 is 18.1 Å². The average Bonchev–Trinajstić information content (AvgIpc) is 3.41. The highest BCUT2D eigenvalue weighted by atomic mass is 32.2. The fourth-order valence-corrected chi connectivity index (χ4v) is 5.72. The second-order valence-electron chi connectivity index (χ2n) is 8.44. The summed E-state index contributed by atoms with van der Waals surface area (Å²) in [5.74, 6) is 0.597. The van der Waals surface area contributed by atoms with Gasteiger partial charge in [0.05, 0.1) is 23.4 Å². The minimum Gasteiger partial charge on any atom is -0.494 e. The van der Waals surface area contributed by atoms with Gasteiger partial charge in [-0.15, -0.1) is 0 Å². The molecule has 0 aliphatic carbocycles. The van der Waals surface area contributed by atoms with Crippen LogP contribution in [0.4, 0.5) is 5.69 Å². The molecule has 0 spiro atoms. The normalized spacial score (nSPS) is 11.7. The summed E-state index contributed by atoms with van der Waals surface area (Å²) in [7, 11) is -2.42. The first-order valence-corrected chi connectivity index (χ1v) is 13.1. The van der Waals surface area contributed by atoms with Crippen LogP contribution in [0.3, 0.4) is 0 Å². The summed E-state index contributed by atoms with van der Waals surface area (Å²) in [5, 5.41) is 12.3. The number of aryl methyl sites for hydroxylation is 2. The SMILES string of the molecule is Cn1c(=O)ccc2cc(OCCCN(CCCn3ccnc3)S(=O)(=O)c3ccccc3[N+](=O)[O-])ccc21. The summed E-state index contributed by atoms with van der Waals surface area (Å²) in [4.78, 5) is 26.3. The van der Waals surface area contributed by atoms with Crippen LogP contribution in [0.1, 0.15) is 12.8 Å². The lowest BCUT2D eigenvalue weighted by atomic mass is 10.2. The lowest BCUT2D eigenvalue weighted by molar-refractivity contribution is -0.387. The molecule has 12 heteroatoms. The van der Waals surface area contributed by atoms with Gasteiger partial charge in [-0.1, -0.05) is 12.1 Å². The fourth-order valence-electron chi connectivity index (χ4n) is 4.05. The van der Waals surface area contributed by atoms with E-state index in [-0.39, 0.29) is 30.2 Å². The monoisotopic (exact) mass is 525 g/mol. The van der Waals surface area contributed by atoms with Crippen LogP contribution < -0.4 is 10.3 Å². The molecule has 0 fully saturated rings. The molecule has 2 heterocycles. The third kappa shape index (κ3) is 6.04. The average molecular weight is 526 g/mol. The molecule has 0 aliphatic rings. The molecule has 2 aromatic heterocycles. The predicted molar refractivity (Wildman–Crippen MR) is 138 cm³/mol. The maximum Gasteiger partial charge on any atom is 0.289 e. The first kappa shape index (κ1) is 26.0. The quantitative estimate of drug-likeness (QED) is 0.158. The number of hydrogen-bond donors (Lipinski definition) is 0. The van der Waals surface area contributed by atoms with Crippen LogP contribution in [0.5, 0.6) is 5.75 Å². The molecule has 0 saturated carbocycles. The molecule has 4 rings (SSSR count). The van der Waals surface area contributed by atoms with Crippen LogP contribution in [0.25, 0.3) is 10.9 Å². The Morgan fingerprint density at radius 3 is 2.62 bits per heavy atom. The van der Waals surface area contributed by atoms with Crippen molar-refractivity contribution in [3.63, 3.8) is 0 Å². The van der Waals surface area contributed by atoms with Crippen molar-refractivity contribution in [2.75, 3.05) is 19.7 Å². The molecule has 0 bridgehead atoms. The fraction of sp³-hybridized carbons (Fsp3) is 0.280. The van der Waals surface area contributed by atoms with Crippen LogP contribution in [0, 0.1) is 10.1 Å². The number of nitro groups is 1. The number of hydrogen-bond acceptors (Lipinski definition) is 7. The van der Waals surface area contributed by atoms with E-state index in [1.54, 1.807) is 48.5 Å². The van der Waals surface area contributed by atoms with Crippen molar-refractivity contribution in [3.8, 4) is 5.75 Å². The molecule has 0 amide bonds. The molecule has 194 valence electrons. The van der Waals surface area contributed by atoms with Crippen LogP contribution in [-0.2, 0) is 23.6 Å². The Hall–Kier alpha value is -4.03. The highest BCUT2D eigenvalue weighted by molar-refractivity contribution is 7.89. The highest BCUT2D eigenvalue weighted by Gasteiger charge is 2.30. The topological polar surface area (TPSA) is 130 Å². The minimum atomic E-state index is -4.12.